The highest BCUT2D eigenvalue weighted by atomic mass is 16.5. The number of primary amides is 1. The van der Waals surface area contributed by atoms with E-state index in [4.69, 9.17) is 21.2 Å². The van der Waals surface area contributed by atoms with Crippen LogP contribution in [0.2, 0.25) is 0 Å². The number of nitrogens with two attached hydrogens (primary N) is 2. The van der Waals surface area contributed by atoms with Gasteiger partial charge in [0.1, 0.15) is 11.5 Å². The Kier molecular flexibility index (Phi) is 4.76. The summed E-state index contributed by atoms with van der Waals surface area (Å²) < 4.78 is 5.89. The van der Waals surface area contributed by atoms with E-state index < -0.39 is 5.91 Å². The van der Waals surface area contributed by atoms with Crippen molar-refractivity contribution < 1.29 is 9.53 Å². The second-order valence-corrected chi connectivity index (χ2v) is 7.27. The van der Waals surface area contributed by atoms with Crippen molar-refractivity contribution in [3.63, 3.8) is 0 Å². The van der Waals surface area contributed by atoms with Crippen molar-refractivity contribution in [2.45, 2.75) is 0 Å². The van der Waals surface area contributed by atoms with Gasteiger partial charge in [-0.15, -0.1) is 0 Å². The molecule has 0 radical (unpaired) electrons. The predicted molar refractivity (Wildman–Crippen MR) is 124 cm³/mol. The minimum atomic E-state index is -0.493. The highest BCUT2D eigenvalue weighted by Crippen LogP contribution is 2.34. The lowest BCUT2D eigenvalue weighted by molar-refractivity contribution is 0.100. The fourth-order valence-electron chi connectivity index (χ4n) is 3.56. The van der Waals surface area contributed by atoms with Crippen LogP contribution >= 0.6 is 0 Å². The second kappa shape index (κ2) is 7.88. The lowest BCUT2D eigenvalue weighted by atomic mass is 10.0. The monoisotopic (exact) mass is 421 g/mol. The number of nitrogen functional groups attached to an aromatic ring is 1. The van der Waals surface area contributed by atoms with Crippen molar-refractivity contribution in [1.82, 2.24) is 15.2 Å². The molecule has 5 aromatic rings. The van der Waals surface area contributed by atoms with Gasteiger partial charge in [0.25, 0.3) is 0 Å². The van der Waals surface area contributed by atoms with Crippen LogP contribution < -0.4 is 16.2 Å². The Labute approximate surface area is 183 Å². The van der Waals surface area contributed by atoms with Gasteiger partial charge in [0, 0.05) is 16.7 Å². The van der Waals surface area contributed by atoms with Crippen LogP contribution in [0.25, 0.3) is 33.4 Å². The van der Waals surface area contributed by atoms with Crippen molar-refractivity contribution in [2.24, 2.45) is 5.73 Å². The number of anilines is 1. The molecule has 2 heterocycles. The molecule has 0 aliphatic heterocycles. The van der Waals surface area contributed by atoms with Crippen LogP contribution in [0.15, 0.2) is 84.9 Å². The number of nitrogens with one attached hydrogen (secondary N) is 1. The minimum absolute atomic E-state index is 0.365. The van der Waals surface area contributed by atoms with Crippen molar-refractivity contribution in [2.75, 3.05) is 5.73 Å². The number of aromatic nitrogens is 3. The van der Waals surface area contributed by atoms with Crippen molar-refractivity contribution in [3.8, 4) is 34.0 Å². The average molecular weight is 421 g/mol. The van der Waals surface area contributed by atoms with E-state index in [1.807, 2.05) is 66.7 Å². The average Bonchev–Trinajstić information content (AvgIpc) is 3.20. The molecule has 0 saturated carbocycles. The van der Waals surface area contributed by atoms with Crippen molar-refractivity contribution in [3.05, 3.63) is 90.5 Å². The molecule has 0 atom stereocenters. The largest absolute Gasteiger partial charge is 0.457 e. The predicted octanol–water partition coefficient (Wildman–Crippen LogP) is 4.77. The molecule has 0 aliphatic rings. The Bertz CT molecular complexity index is 1430. The third-order valence-corrected chi connectivity index (χ3v) is 5.12. The first-order chi connectivity index (χ1) is 15.6. The first-order valence-corrected chi connectivity index (χ1v) is 9.96. The number of ether oxygens (including phenoxy) is 1. The molecule has 0 bridgehead atoms. The van der Waals surface area contributed by atoms with Gasteiger partial charge in [-0.25, -0.2) is 4.98 Å². The standard InChI is InChI=1S/C25H19N5O2/c26-24-22-21(29-30-24)14-20(16-5-4-6-17(13-16)25(27)31)28-23(22)15-9-11-19(12-10-15)32-18-7-2-1-3-8-18/h1-14H,(H2,27,31)(H3,26,29,30). The van der Waals surface area contributed by atoms with Gasteiger partial charge in [0.2, 0.25) is 5.91 Å². The zero-order valence-electron chi connectivity index (χ0n) is 16.9. The Balaban J connectivity index is 1.58. The summed E-state index contributed by atoms with van der Waals surface area (Å²) in [6.45, 7) is 0. The van der Waals surface area contributed by atoms with Gasteiger partial charge in [-0.2, -0.15) is 5.10 Å². The Morgan fingerprint density at radius 2 is 1.59 bits per heavy atom. The van der Waals surface area contributed by atoms with Crippen LogP contribution in [-0.2, 0) is 0 Å². The number of carbonyl (C=O) groups is 1. The molecule has 32 heavy (non-hydrogen) atoms. The molecule has 7 nitrogen and oxygen atoms in total. The first-order valence-electron chi connectivity index (χ1n) is 9.96. The van der Waals surface area contributed by atoms with Crippen LogP contribution in [0.5, 0.6) is 11.5 Å². The molecule has 0 spiro atoms. The van der Waals surface area contributed by atoms with Gasteiger partial charge in [0.05, 0.1) is 22.3 Å². The smallest absolute Gasteiger partial charge is 0.248 e. The molecule has 7 heteroatoms. The number of para-hydroxylation sites is 1. The van der Waals surface area contributed by atoms with Crippen LogP contribution in [0, 0.1) is 0 Å². The van der Waals surface area contributed by atoms with E-state index in [1.165, 1.54) is 0 Å². The van der Waals surface area contributed by atoms with Gasteiger partial charge < -0.3 is 16.2 Å². The van der Waals surface area contributed by atoms with E-state index >= 15 is 0 Å². The van der Waals surface area contributed by atoms with Crippen LogP contribution in [0.3, 0.4) is 0 Å². The quantitative estimate of drug-likeness (QED) is 0.378. The molecular weight excluding hydrogens is 402 g/mol. The topological polar surface area (TPSA) is 120 Å². The number of rotatable bonds is 5. The molecule has 0 saturated heterocycles. The van der Waals surface area contributed by atoms with Gasteiger partial charge >= 0.3 is 0 Å². The van der Waals surface area contributed by atoms with E-state index in [-0.39, 0.29) is 0 Å². The maximum absolute atomic E-state index is 11.6. The summed E-state index contributed by atoms with van der Waals surface area (Å²) >= 11 is 0. The van der Waals surface area contributed by atoms with Gasteiger partial charge in [-0.05, 0) is 54.6 Å². The Morgan fingerprint density at radius 3 is 2.34 bits per heavy atom. The number of hydrogen-bond acceptors (Lipinski definition) is 5. The van der Waals surface area contributed by atoms with E-state index in [0.29, 0.717) is 28.5 Å². The fraction of sp³-hybridized carbons (Fsp3) is 0. The SMILES string of the molecule is NC(=O)c1cccc(-c2cc3[nH]nc(N)c3c(-c3ccc(Oc4ccccc4)cc3)n2)c1. The number of aromatic amines is 1. The lowest BCUT2D eigenvalue weighted by Crippen LogP contribution is -2.10. The molecular formula is C25H19N5O2. The molecule has 0 aliphatic carbocycles. The van der Waals surface area contributed by atoms with Crippen LogP contribution in [-0.4, -0.2) is 21.1 Å². The van der Waals surface area contributed by atoms with Crippen LogP contribution in [0.1, 0.15) is 10.4 Å². The van der Waals surface area contributed by atoms with Crippen molar-refractivity contribution in [1.29, 1.82) is 0 Å². The van der Waals surface area contributed by atoms with Gasteiger partial charge in [-0.3, -0.25) is 9.89 Å². The summed E-state index contributed by atoms with van der Waals surface area (Å²) in [6, 6.07) is 26.1. The maximum Gasteiger partial charge on any atom is 0.248 e. The third kappa shape index (κ3) is 3.63. The summed E-state index contributed by atoms with van der Waals surface area (Å²) in [4.78, 5) is 16.5. The highest BCUT2D eigenvalue weighted by molar-refractivity contribution is 6.01. The van der Waals surface area contributed by atoms with E-state index in [9.17, 15) is 4.79 Å². The normalized spacial score (nSPS) is 10.9. The molecule has 5 rings (SSSR count). The fourth-order valence-corrected chi connectivity index (χ4v) is 3.56. The molecule has 156 valence electrons. The minimum Gasteiger partial charge on any atom is -0.457 e. The van der Waals surface area contributed by atoms with E-state index in [1.54, 1.807) is 18.2 Å². The molecule has 0 fully saturated rings. The summed E-state index contributed by atoms with van der Waals surface area (Å²) in [5.41, 5.74) is 15.7. The van der Waals surface area contributed by atoms with E-state index in [2.05, 4.69) is 10.2 Å². The summed E-state index contributed by atoms with van der Waals surface area (Å²) in [5, 5.41) is 7.84. The number of amides is 1. The lowest BCUT2D eigenvalue weighted by Gasteiger charge is -2.10. The summed E-state index contributed by atoms with van der Waals surface area (Å²) in [7, 11) is 0. The molecule has 0 unspecified atom stereocenters. The van der Waals surface area contributed by atoms with E-state index in [0.717, 1.165) is 27.8 Å². The Hall–Kier alpha value is -4.65. The number of pyridine rings is 1. The molecule has 5 N–H and O–H groups in total. The number of carbonyl (C=O) groups excluding carboxylic acids is 1. The number of hydrogen-bond donors (Lipinski definition) is 3. The van der Waals surface area contributed by atoms with Gasteiger partial charge in [-0.1, -0.05) is 30.3 Å². The zero-order chi connectivity index (χ0) is 22.1. The zero-order valence-corrected chi connectivity index (χ0v) is 16.9. The highest BCUT2D eigenvalue weighted by Gasteiger charge is 2.15. The third-order valence-electron chi connectivity index (χ3n) is 5.12. The number of H-pyrrole nitrogens is 1. The van der Waals surface area contributed by atoms with Gasteiger partial charge in [0.15, 0.2) is 5.82 Å². The first kappa shape index (κ1) is 19.3. The Morgan fingerprint density at radius 1 is 0.844 bits per heavy atom. The molecule has 3 aromatic carbocycles. The summed E-state index contributed by atoms with van der Waals surface area (Å²) in [6.07, 6.45) is 0. The van der Waals surface area contributed by atoms with Crippen LogP contribution in [0.4, 0.5) is 5.82 Å². The number of fused-ring (bicyclic) bond motifs is 1. The van der Waals surface area contributed by atoms with Crippen molar-refractivity contribution >= 4 is 22.6 Å². The maximum atomic E-state index is 11.6. The molecule has 2 aromatic heterocycles. The number of benzene rings is 3. The second-order valence-electron chi connectivity index (χ2n) is 7.27. The molecule has 1 amide bonds. The number of nitrogens with zero attached hydrogens (tertiary/aromatic N) is 2. The summed E-state index contributed by atoms with van der Waals surface area (Å²) in [5.74, 6) is 1.34.